The molecule has 0 radical (unpaired) electrons. The number of benzene rings is 2. The lowest BCUT2D eigenvalue weighted by Crippen LogP contribution is -2.03. The van der Waals surface area contributed by atoms with Crippen molar-refractivity contribution < 1.29 is 13.6 Å². The zero-order valence-corrected chi connectivity index (χ0v) is 10.4. The van der Waals surface area contributed by atoms with Crippen molar-refractivity contribution in [3.8, 4) is 0 Å². The Morgan fingerprint density at radius 3 is 1.56 bits per heavy atom. The molecule has 5 heteroatoms. The number of halogens is 4. The van der Waals surface area contributed by atoms with Gasteiger partial charge in [0.05, 0.1) is 10.0 Å². The maximum Gasteiger partial charge on any atom is 0.196 e. The molecule has 0 N–H and O–H groups in total. The minimum atomic E-state index is -0.540. The van der Waals surface area contributed by atoms with Crippen LogP contribution in [0.1, 0.15) is 15.9 Å². The molecule has 0 saturated carbocycles. The molecule has 0 bridgehead atoms. The first-order valence-corrected chi connectivity index (χ1v) is 5.69. The summed E-state index contributed by atoms with van der Waals surface area (Å²) in [4.78, 5) is 12.1. The van der Waals surface area contributed by atoms with E-state index in [1.54, 1.807) is 0 Å². The van der Waals surface area contributed by atoms with Gasteiger partial charge >= 0.3 is 0 Å². The van der Waals surface area contributed by atoms with Crippen LogP contribution in [-0.4, -0.2) is 5.78 Å². The maximum atomic E-state index is 12.9. The molecule has 0 aliphatic carbocycles. The van der Waals surface area contributed by atoms with Gasteiger partial charge in [-0.3, -0.25) is 4.79 Å². The highest BCUT2D eigenvalue weighted by molar-refractivity contribution is 6.38. The number of carbonyl (C=O) groups is 1. The van der Waals surface area contributed by atoms with Crippen LogP contribution in [0.15, 0.2) is 36.4 Å². The Labute approximate surface area is 112 Å². The molecule has 0 unspecified atom stereocenters. The summed E-state index contributed by atoms with van der Waals surface area (Å²) < 4.78 is 25.7. The summed E-state index contributed by atoms with van der Waals surface area (Å²) in [6.07, 6.45) is 0. The van der Waals surface area contributed by atoms with Crippen LogP contribution in [0.3, 0.4) is 0 Å². The van der Waals surface area contributed by atoms with Crippen LogP contribution in [-0.2, 0) is 0 Å². The van der Waals surface area contributed by atoms with Gasteiger partial charge in [-0.1, -0.05) is 23.2 Å². The Kier molecular flexibility index (Phi) is 3.64. The van der Waals surface area contributed by atoms with Crippen molar-refractivity contribution >= 4 is 29.0 Å². The van der Waals surface area contributed by atoms with E-state index in [1.165, 1.54) is 12.1 Å². The first-order chi connectivity index (χ1) is 8.49. The third-order valence-electron chi connectivity index (χ3n) is 2.35. The molecular formula is C13H6Cl2F2O. The van der Waals surface area contributed by atoms with Crippen LogP contribution in [0.4, 0.5) is 8.78 Å². The van der Waals surface area contributed by atoms with Crippen LogP contribution >= 0.6 is 23.2 Å². The topological polar surface area (TPSA) is 17.1 Å². The highest BCUT2D eigenvalue weighted by Crippen LogP contribution is 2.25. The maximum absolute atomic E-state index is 12.9. The van der Waals surface area contributed by atoms with Crippen LogP contribution in [0, 0.1) is 11.6 Å². The van der Waals surface area contributed by atoms with Gasteiger partial charge in [-0.25, -0.2) is 8.78 Å². The van der Waals surface area contributed by atoms with E-state index in [9.17, 15) is 13.6 Å². The molecule has 2 rings (SSSR count). The van der Waals surface area contributed by atoms with Gasteiger partial charge in [0.2, 0.25) is 0 Å². The average Bonchev–Trinajstić information content (AvgIpc) is 2.28. The molecule has 92 valence electrons. The summed E-state index contributed by atoms with van der Waals surface area (Å²) in [6, 6.07) is 6.84. The van der Waals surface area contributed by atoms with E-state index in [-0.39, 0.29) is 21.2 Å². The molecule has 2 aromatic rings. The number of ketones is 1. The van der Waals surface area contributed by atoms with E-state index in [1.807, 2.05) is 0 Å². The molecule has 0 heterocycles. The molecule has 2 aromatic carbocycles. The van der Waals surface area contributed by atoms with Crippen LogP contribution in [0.5, 0.6) is 0 Å². The lowest BCUT2D eigenvalue weighted by Gasteiger charge is -2.05. The fourth-order valence-corrected chi connectivity index (χ4v) is 2.00. The predicted molar refractivity (Wildman–Crippen MR) is 66.3 cm³/mol. The highest BCUT2D eigenvalue weighted by atomic mass is 35.5. The minimum absolute atomic E-state index is 0.0135. The van der Waals surface area contributed by atoms with Gasteiger partial charge in [0.25, 0.3) is 0 Å². The second-order valence-corrected chi connectivity index (χ2v) is 4.39. The number of carbonyl (C=O) groups excluding carboxylic acids is 1. The van der Waals surface area contributed by atoms with Crippen molar-refractivity contribution in [2.75, 3.05) is 0 Å². The molecule has 18 heavy (non-hydrogen) atoms. The summed E-state index contributed by atoms with van der Waals surface area (Å²) in [5.41, 5.74) is 0.234. The number of hydrogen-bond acceptors (Lipinski definition) is 1. The first kappa shape index (κ1) is 13.0. The summed E-state index contributed by atoms with van der Waals surface area (Å²) >= 11 is 11.6. The Hall–Kier alpha value is -1.45. The van der Waals surface area contributed by atoms with Crippen molar-refractivity contribution in [3.63, 3.8) is 0 Å². The van der Waals surface area contributed by atoms with Crippen molar-refractivity contribution in [1.82, 2.24) is 0 Å². The normalized spacial score (nSPS) is 10.4. The Morgan fingerprint density at radius 1 is 0.833 bits per heavy atom. The van der Waals surface area contributed by atoms with Gasteiger partial charge in [-0.05, 0) is 36.4 Å². The lowest BCUT2D eigenvalue weighted by atomic mass is 10.0. The number of rotatable bonds is 2. The summed E-state index contributed by atoms with van der Waals surface area (Å²) in [5, 5.41) is -0.0271. The molecular weight excluding hydrogens is 281 g/mol. The van der Waals surface area contributed by atoms with E-state index in [2.05, 4.69) is 0 Å². The van der Waals surface area contributed by atoms with Gasteiger partial charge in [-0.2, -0.15) is 0 Å². The van der Waals surface area contributed by atoms with Crippen molar-refractivity contribution in [2.45, 2.75) is 0 Å². The van der Waals surface area contributed by atoms with E-state index in [0.717, 1.165) is 24.3 Å². The van der Waals surface area contributed by atoms with E-state index in [4.69, 9.17) is 23.2 Å². The van der Waals surface area contributed by atoms with E-state index in [0.29, 0.717) is 0 Å². The fraction of sp³-hybridized carbons (Fsp3) is 0. The smallest absolute Gasteiger partial charge is 0.196 e. The SMILES string of the molecule is O=C(c1ccc(F)cc1Cl)c1ccc(F)cc1Cl. The summed E-state index contributed by atoms with van der Waals surface area (Å²) in [7, 11) is 0. The molecule has 1 nitrogen and oxygen atoms in total. The summed E-state index contributed by atoms with van der Waals surface area (Å²) in [5.74, 6) is -1.56. The van der Waals surface area contributed by atoms with Gasteiger partial charge < -0.3 is 0 Å². The molecule has 0 atom stereocenters. The lowest BCUT2D eigenvalue weighted by molar-refractivity contribution is 0.103. The van der Waals surface area contributed by atoms with Crippen LogP contribution in [0.25, 0.3) is 0 Å². The van der Waals surface area contributed by atoms with Crippen LogP contribution in [0.2, 0.25) is 10.0 Å². The van der Waals surface area contributed by atoms with Crippen molar-refractivity contribution in [1.29, 1.82) is 0 Å². The molecule has 0 fully saturated rings. The predicted octanol–water partition coefficient (Wildman–Crippen LogP) is 4.50. The second-order valence-electron chi connectivity index (χ2n) is 3.58. The molecule has 0 spiro atoms. The first-order valence-electron chi connectivity index (χ1n) is 4.94. The Bertz CT molecular complexity index is 573. The Balaban J connectivity index is 2.48. The standard InChI is InChI=1S/C13H6Cl2F2O/c14-11-5-7(16)1-3-9(11)13(18)10-4-2-8(17)6-12(10)15/h1-6H. The quantitative estimate of drug-likeness (QED) is 0.743. The third kappa shape index (κ3) is 2.52. The molecule has 0 aromatic heterocycles. The van der Waals surface area contributed by atoms with Gasteiger partial charge in [-0.15, -0.1) is 0 Å². The van der Waals surface area contributed by atoms with Crippen molar-refractivity contribution in [3.05, 3.63) is 69.2 Å². The Morgan fingerprint density at radius 2 is 1.22 bits per heavy atom. The average molecular weight is 287 g/mol. The zero-order chi connectivity index (χ0) is 13.3. The zero-order valence-electron chi connectivity index (χ0n) is 8.88. The van der Waals surface area contributed by atoms with E-state index < -0.39 is 17.4 Å². The largest absolute Gasteiger partial charge is 0.288 e. The molecule has 0 amide bonds. The van der Waals surface area contributed by atoms with E-state index >= 15 is 0 Å². The van der Waals surface area contributed by atoms with Gasteiger partial charge in [0.1, 0.15) is 11.6 Å². The third-order valence-corrected chi connectivity index (χ3v) is 2.98. The van der Waals surface area contributed by atoms with Gasteiger partial charge in [0.15, 0.2) is 5.78 Å². The highest BCUT2D eigenvalue weighted by Gasteiger charge is 2.16. The molecule has 0 aliphatic heterocycles. The minimum Gasteiger partial charge on any atom is -0.288 e. The number of hydrogen-bond donors (Lipinski definition) is 0. The molecule has 0 aliphatic rings. The van der Waals surface area contributed by atoms with Crippen LogP contribution < -0.4 is 0 Å². The fourth-order valence-electron chi connectivity index (χ4n) is 1.49. The van der Waals surface area contributed by atoms with Gasteiger partial charge in [0, 0.05) is 11.1 Å². The summed E-state index contributed by atoms with van der Waals surface area (Å²) in [6.45, 7) is 0. The second kappa shape index (κ2) is 5.04. The van der Waals surface area contributed by atoms with Crippen molar-refractivity contribution in [2.24, 2.45) is 0 Å². The monoisotopic (exact) mass is 286 g/mol. The molecule has 0 saturated heterocycles.